The Kier molecular flexibility index (Phi) is 15.1. The summed E-state index contributed by atoms with van der Waals surface area (Å²) in [5, 5.41) is 8.58. The summed E-state index contributed by atoms with van der Waals surface area (Å²) in [6.07, 6.45) is 6.10. The molecule has 2 aliphatic carbocycles. The summed E-state index contributed by atoms with van der Waals surface area (Å²) in [6, 6.07) is 13.7. The van der Waals surface area contributed by atoms with Gasteiger partial charge >= 0.3 is 12.1 Å². The smallest absolute Gasteiger partial charge is 0.406 e. The van der Waals surface area contributed by atoms with Crippen molar-refractivity contribution in [1.29, 1.82) is 0 Å². The molecule has 7 fully saturated rings. The molecule has 430 valence electrons. The number of alkyl halides is 3. The lowest BCUT2D eigenvalue weighted by atomic mass is 9.84. The van der Waals surface area contributed by atoms with Crippen molar-refractivity contribution < 1.29 is 41.8 Å². The van der Waals surface area contributed by atoms with Gasteiger partial charge in [-0.2, -0.15) is 13.2 Å². The summed E-state index contributed by atoms with van der Waals surface area (Å²) >= 11 is 0. The molecule has 2 saturated carbocycles. The first kappa shape index (κ1) is 55.0. The fraction of sp³-hybridized carbons (Fsp3) is 0.623. The van der Waals surface area contributed by atoms with Crippen LogP contribution in [0.1, 0.15) is 108 Å². The first-order valence-electron chi connectivity index (χ1n) is 29.6. The second-order valence-corrected chi connectivity index (χ2v) is 25.4. The lowest BCUT2D eigenvalue weighted by Crippen LogP contribution is -2.62. The Balaban J connectivity index is 0.922. The number of carbonyl (C=O) groups is 4. The zero-order chi connectivity index (χ0) is 55.7. The molecule has 8 aliphatic rings. The summed E-state index contributed by atoms with van der Waals surface area (Å²) in [5.74, 6) is -0.797. The molecule has 2 aromatic heterocycles. The second kappa shape index (κ2) is 21.9. The number of hydrogen-bond donors (Lipinski definition) is 3. The van der Waals surface area contributed by atoms with Gasteiger partial charge in [0.25, 0.3) is 5.91 Å². The number of halogens is 3. The van der Waals surface area contributed by atoms with Gasteiger partial charge in [0, 0.05) is 106 Å². The minimum atomic E-state index is -4.59. The van der Waals surface area contributed by atoms with Gasteiger partial charge in [0.2, 0.25) is 11.8 Å². The van der Waals surface area contributed by atoms with Crippen LogP contribution >= 0.6 is 0 Å². The van der Waals surface area contributed by atoms with Crippen LogP contribution in [-0.4, -0.2) is 169 Å². The minimum Gasteiger partial charge on any atom is -0.464 e. The van der Waals surface area contributed by atoms with Crippen LogP contribution in [0.3, 0.4) is 0 Å². The van der Waals surface area contributed by atoms with Crippen molar-refractivity contribution in [3.63, 3.8) is 0 Å². The molecule has 8 heterocycles. The lowest BCUT2D eigenvalue weighted by molar-refractivity contribution is -0.155. The van der Waals surface area contributed by atoms with Crippen LogP contribution in [0.5, 0.6) is 0 Å². The van der Waals surface area contributed by atoms with Gasteiger partial charge in [0.05, 0.1) is 48.1 Å². The van der Waals surface area contributed by atoms with Gasteiger partial charge < -0.3 is 34.5 Å². The number of pyridine rings is 1. The van der Waals surface area contributed by atoms with E-state index in [0.29, 0.717) is 71.9 Å². The van der Waals surface area contributed by atoms with E-state index in [1.165, 1.54) is 22.4 Å². The highest BCUT2D eigenvalue weighted by Gasteiger charge is 2.51. The molecule has 19 heteroatoms. The van der Waals surface area contributed by atoms with E-state index >= 15 is 22.8 Å². The van der Waals surface area contributed by atoms with E-state index in [0.717, 1.165) is 107 Å². The summed E-state index contributed by atoms with van der Waals surface area (Å²) in [7, 11) is 1.58. The number of cyclic esters (lactones) is 1. The molecule has 6 aliphatic heterocycles. The number of nitrogens with one attached hydrogen (secondary N) is 3. The number of likely N-dealkylation sites (tertiary alicyclic amines) is 2. The first-order chi connectivity index (χ1) is 38.4. The molecule has 12 rings (SSSR count). The highest BCUT2D eigenvalue weighted by molar-refractivity contribution is 5.96. The predicted octanol–water partition coefficient (Wildman–Crippen LogP) is 7.03. The average Bonchev–Trinajstić information content (AvgIpc) is 4.34. The molecule has 6 atom stereocenters. The normalized spacial score (nSPS) is 26.9. The number of hydrogen-bond acceptors (Lipinski definition) is 12. The number of amides is 3. The van der Waals surface area contributed by atoms with Crippen LogP contribution < -0.4 is 21.0 Å². The van der Waals surface area contributed by atoms with Crippen molar-refractivity contribution in [2.24, 2.45) is 16.7 Å². The third-order valence-corrected chi connectivity index (χ3v) is 18.9. The largest absolute Gasteiger partial charge is 0.464 e. The molecule has 1 spiro atoms. The highest BCUT2D eigenvalue weighted by Crippen LogP contribution is 2.46. The van der Waals surface area contributed by atoms with Crippen molar-refractivity contribution in [2.75, 3.05) is 84.1 Å². The number of anilines is 1. The van der Waals surface area contributed by atoms with Crippen LogP contribution in [0.15, 0.2) is 54.7 Å². The summed E-state index contributed by atoms with van der Waals surface area (Å²) in [5.41, 5.74) is 8.08. The maximum atomic E-state index is 15.2. The van der Waals surface area contributed by atoms with Gasteiger partial charge in [-0.3, -0.25) is 39.0 Å². The fourth-order valence-corrected chi connectivity index (χ4v) is 14.3. The number of piperazine rings is 1. The van der Waals surface area contributed by atoms with E-state index < -0.39 is 48.3 Å². The molecule has 6 bridgehead atoms. The number of rotatable bonds is 11. The number of nitrogens with zero attached hydrogens (tertiary/aromatic N) is 7. The van der Waals surface area contributed by atoms with Gasteiger partial charge in [-0.05, 0) is 118 Å². The number of carbonyl (C=O) groups excluding carboxylic acids is 4. The molecule has 16 nitrogen and oxygen atoms in total. The van der Waals surface area contributed by atoms with Gasteiger partial charge in [0.15, 0.2) is 0 Å². The number of esters is 1. The summed E-state index contributed by atoms with van der Waals surface area (Å²) < 4.78 is 59.2. The molecule has 3 N–H and O–H groups in total. The Hall–Kier alpha value is -5.60. The molecule has 4 aromatic rings. The topological polar surface area (TPSA) is 167 Å². The molecule has 3 amide bonds. The SMILES string of the molecule is CO[C@@H](C)c1ncc(N2CCN(C3CC3)CC2)cc1-c1c2c3cc(ccc3n1CC(F)(F)F)-c1cccc(c1)C[C@H](NC(=O)[C@H](C1CCCC1)N1CC[C@]3(CCN(C(=O)[C@H]4CN4)C3)C1)C(=O)N1CCC[C@H](N1)C(=O)OCC(C)(C)C2. The number of benzene rings is 2. The third-order valence-electron chi connectivity index (χ3n) is 18.9. The van der Waals surface area contributed by atoms with Crippen LogP contribution in [0.2, 0.25) is 0 Å². The maximum Gasteiger partial charge on any atom is 0.406 e. The molecule has 0 unspecified atom stereocenters. The lowest BCUT2D eigenvalue weighted by Gasteiger charge is -2.37. The monoisotopic (exact) mass is 1100 g/mol. The minimum absolute atomic E-state index is 0.0545. The van der Waals surface area contributed by atoms with Crippen molar-refractivity contribution in [1.82, 2.24) is 45.3 Å². The number of hydrazine groups is 1. The van der Waals surface area contributed by atoms with Crippen LogP contribution in [0.4, 0.5) is 18.9 Å². The molecule has 2 aromatic carbocycles. The summed E-state index contributed by atoms with van der Waals surface area (Å²) in [6.45, 7) is 11.7. The number of aromatic nitrogens is 2. The fourth-order valence-electron chi connectivity index (χ4n) is 14.3. The van der Waals surface area contributed by atoms with Gasteiger partial charge in [-0.1, -0.05) is 57.0 Å². The number of fused-ring (bicyclic) bond motifs is 6. The Labute approximate surface area is 467 Å². The van der Waals surface area contributed by atoms with Gasteiger partial charge in [-0.25, -0.2) is 5.43 Å². The number of methoxy groups -OCH3 is 1. The Morgan fingerprint density at radius 1 is 0.912 bits per heavy atom. The zero-order valence-electron chi connectivity index (χ0n) is 46.9. The Morgan fingerprint density at radius 3 is 2.41 bits per heavy atom. The van der Waals surface area contributed by atoms with Crippen LogP contribution in [-0.2, 0) is 48.0 Å². The summed E-state index contributed by atoms with van der Waals surface area (Å²) in [4.78, 5) is 71.8. The Bertz CT molecular complexity index is 3000. The van der Waals surface area contributed by atoms with Crippen molar-refractivity contribution in [3.05, 3.63) is 71.5 Å². The van der Waals surface area contributed by atoms with Gasteiger partial charge in [0.1, 0.15) is 18.6 Å². The van der Waals surface area contributed by atoms with E-state index in [9.17, 15) is 9.59 Å². The average molecular weight is 1110 g/mol. The van der Waals surface area contributed by atoms with E-state index in [1.807, 2.05) is 74.3 Å². The Morgan fingerprint density at radius 2 is 1.68 bits per heavy atom. The van der Waals surface area contributed by atoms with Crippen molar-refractivity contribution in [3.8, 4) is 22.4 Å². The quantitative estimate of drug-likeness (QED) is 0.104. The predicted molar refractivity (Wildman–Crippen MR) is 298 cm³/mol. The van der Waals surface area contributed by atoms with E-state index in [2.05, 4.69) is 30.8 Å². The zero-order valence-corrected chi connectivity index (χ0v) is 46.9. The van der Waals surface area contributed by atoms with Crippen molar-refractivity contribution >= 4 is 40.3 Å². The number of ether oxygens (including phenoxy) is 2. The van der Waals surface area contributed by atoms with Crippen LogP contribution in [0, 0.1) is 16.7 Å². The molecular formula is C61H79F3N10O6. The molecule has 0 radical (unpaired) electrons. The first-order valence-corrected chi connectivity index (χ1v) is 29.6. The standard InChI is InChI=1S/C61H79F3N10O6/c1-38(79-4)52-46(30-44(32-66-52)70-25-23-69(24-26-70)43-15-16-43)54-47-31-59(2,3)37-80-58(78)48-13-8-20-74(68-48)57(77)49(28-39-9-7-12-41(27-39)42-14-17-51(45(47)29-42)73(54)36-61(62,63)64)67-55(75)53(40-10-5-6-11-40)71-21-18-60(34-71)19-22-72(35-60)56(76)50-33-65-50/h7,9,12,14,17,27,29-30,32,38,40,43,48-50,53,65,68H,5-6,8,10-11,13,15-16,18-26,28,31,33-37H2,1-4H3,(H,67,75)/t38-,48-,49-,50+,53-,60-/m0/s1. The second-order valence-electron chi connectivity index (χ2n) is 25.4. The molecular weight excluding hydrogens is 1030 g/mol. The van der Waals surface area contributed by atoms with E-state index in [1.54, 1.807) is 13.2 Å². The third kappa shape index (κ3) is 11.5. The van der Waals surface area contributed by atoms with Gasteiger partial charge in [-0.15, -0.1) is 0 Å². The van der Waals surface area contributed by atoms with Crippen molar-refractivity contribution in [2.45, 2.75) is 147 Å². The van der Waals surface area contributed by atoms with E-state index in [-0.39, 0.29) is 54.5 Å². The van der Waals surface area contributed by atoms with Crippen LogP contribution in [0.25, 0.3) is 33.3 Å². The van der Waals surface area contributed by atoms with E-state index in [4.69, 9.17) is 14.5 Å². The highest BCUT2D eigenvalue weighted by atomic mass is 19.4. The molecule has 5 saturated heterocycles. The molecule has 80 heavy (non-hydrogen) atoms. The maximum absolute atomic E-state index is 15.2.